The van der Waals surface area contributed by atoms with Crippen molar-refractivity contribution in [2.75, 3.05) is 20.2 Å². The van der Waals surface area contributed by atoms with Crippen molar-refractivity contribution in [1.82, 2.24) is 4.90 Å². The molecule has 0 unspecified atom stereocenters. The van der Waals surface area contributed by atoms with Gasteiger partial charge in [0.25, 0.3) is 0 Å². The van der Waals surface area contributed by atoms with Gasteiger partial charge >= 0.3 is 5.97 Å². The van der Waals surface area contributed by atoms with Gasteiger partial charge in [-0.05, 0) is 43.4 Å². The third kappa shape index (κ3) is 2.78. The topological polar surface area (TPSA) is 46.6 Å². The van der Waals surface area contributed by atoms with Gasteiger partial charge in [-0.25, -0.2) is 0 Å². The largest absolute Gasteiger partial charge is 0.469 e. The first kappa shape index (κ1) is 15.5. The number of nitrogens with zero attached hydrogens (tertiary/aromatic N) is 1. The summed E-state index contributed by atoms with van der Waals surface area (Å²) in [6, 6.07) is 8.06. The number of benzene rings is 1. The molecule has 2 aliphatic rings. The zero-order valence-electron chi connectivity index (χ0n) is 12.7. The Kier molecular flexibility index (Phi) is 4.26. The van der Waals surface area contributed by atoms with E-state index in [0.717, 1.165) is 22.9 Å². The summed E-state index contributed by atoms with van der Waals surface area (Å²) in [6.45, 7) is 1.30. The van der Waals surface area contributed by atoms with Gasteiger partial charge in [0.1, 0.15) is 0 Å². The normalized spacial score (nSPS) is 20.5. The molecule has 1 saturated heterocycles. The molecule has 1 saturated carbocycles. The molecule has 0 radical (unpaired) electrons. The van der Waals surface area contributed by atoms with Gasteiger partial charge in [-0.15, -0.1) is 0 Å². The summed E-state index contributed by atoms with van der Waals surface area (Å²) in [5.74, 6) is 0.0103. The summed E-state index contributed by atoms with van der Waals surface area (Å²) in [5, 5.41) is 0. The van der Waals surface area contributed by atoms with Crippen LogP contribution in [0.2, 0.25) is 0 Å². The maximum absolute atomic E-state index is 12.9. The predicted octanol–water partition coefficient (Wildman–Crippen LogP) is 2.89. The lowest BCUT2D eigenvalue weighted by Crippen LogP contribution is -2.45. The average molecular weight is 366 g/mol. The number of amides is 1. The Balaban J connectivity index is 1.67. The van der Waals surface area contributed by atoms with E-state index in [1.807, 2.05) is 29.2 Å². The highest BCUT2D eigenvalue weighted by Gasteiger charge is 2.53. The van der Waals surface area contributed by atoms with E-state index in [1.54, 1.807) is 0 Å². The number of hydrogen-bond acceptors (Lipinski definition) is 3. The molecule has 1 aromatic rings. The Hall–Kier alpha value is -1.36. The Morgan fingerprint density at radius 2 is 1.77 bits per heavy atom. The van der Waals surface area contributed by atoms with Gasteiger partial charge in [-0.1, -0.05) is 28.1 Å². The fraction of sp³-hybridized carbons (Fsp3) is 0.529. The maximum Gasteiger partial charge on any atom is 0.308 e. The highest BCUT2D eigenvalue weighted by molar-refractivity contribution is 9.10. The minimum absolute atomic E-state index is 0.0584. The van der Waals surface area contributed by atoms with Crippen molar-refractivity contribution < 1.29 is 14.3 Å². The molecule has 1 aliphatic carbocycles. The molecule has 0 aromatic heterocycles. The lowest BCUT2D eigenvalue weighted by Gasteiger charge is -2.33. The number of ether oxygens (including phenoxy) is 1. The van der Waals surface area contributed by atoms with Crippen LogP contribution in [-0.4, -0.2) is 37.0 Å². The SMILES string of the molecule is COC(=O)C1CCN(C(=O)C2(c3ccc(Br)cc3)CC2)CC1. The average Bonchev–Trinajstić information content (AvgIpc) is 3.36. The third-order valence-corrected chi connectivity index (χ3v) is 5.40. The van der Waals surface area contributed by atoms with Crippen LogP contribution >= 0.6 is 15.9 Å². The number of methoxy groups -OCH3 is 1. The van der Waals surface area contributed by atoms with E-state index in [0.29, 0.717) is 25.9 Å². The van der Waals surface area contributed by atoms with Crippen LogP contribution in [0.25, 0.3) is 0 Å². The first-order chi connectivity index (χ1) is 10.6. The van der Waals surface area contributed by atoms with Crippen LogP contribution in [-0.2, 0) is 19.7 Å². The maximum atomic E-state index is 12.9. The Labute approximate surface area is 138 Å². The summed E-state index contributed by atoms with van der Waals surface area (Å²) in [6.07, 6.45) is 3.25. The van der Waals surface area contributed by atoms with Gasteiger partial charge in [-0.2, -0.15) is 0 Å². The second kappa shape index (κ2) is 6.03. The Morgan fingerprint density at radius 3 is 2.27 bits per heavy atom. The van der Waals surface area contributed by atoms with Gasteiger partial charge in [0.15, 0.2) is 0 Å². The standard InChI is InChI=1S/C17H20BrNO3/c1-22-15(20)12-6-10-19(11-7-12)16(21)17(8-9-17)13-2-4-14(18)5-3-13/h2-5,12H,6-11H2,1H3. The molecular formula is C17H20BrNO3. The first-order valence-corrected chi connectivity index (χ1v) is 8.49. The van der Waals surface area contributed by atoms with Crippen molar-refractivity contribution in [3.05, 3.63) is 34.3 Å². The molecule has 0 spiro atoms. The number of hydrogen-bond donors (Lipinski definition) is 0. The molecule has 0 N–H and O–H groups in total. The molecule has 0 atom stereocenters. The van der Waals surface area contributed by atoms with Gasteiger partial charge in [0, 0.05) is 17.6 Å². The smallest absolute Gasteiger partial charge is 0.308 e. The number of carbonyl (C=O) groups excluding carboxylic acids is 2. The van der Waals surface area contributed by atoms with Crippen molar-refractivity contribution in [2.24, 2.45) is 5.92 Å². The van der Waals surface area contributed by atoms with Gasteiger partial charge < -0.3 is 9.64 Å². The monoisotopic (exact) mass is 365 g/mol. The summed E-state index contributed by atoms with van der Waals surface area (Å²) in [5.41, 5.74) is 0.787. The Bertz CT molecular complexity index is 572. The van der Waals surface area contributed by atoms with E-state index in [4.69, 9.17) is 4.74 Å². The fourth-order valence-corrected chi connectivity index (χ4v) is 3.57. The quantitative estimate of drug-likeness (QED) is 0.773. The van der Waals surface area contributed by atoms with Crippen LogP contribution in [0.15, 0.2) is 28.7 Å². The number of piperidine rings is 1. The van der Waals surface area contributed by atoms with E-state index in [2.05, 4.69) is 15.9 Å². The minimum atomic E-state index is -0.321. The molecule has 0 bridgehead atoms. The molecule has 22 heavy (non-hydrogen) atoms. The summed E-state index contributed by atoms with van der Waals surface area (Å²) >= 11 is 3.43. The van der Waals surface area contributed by atoms with E-state index in [-0.39, 0.29) is 23.2 Å². The van der Waals surface area contributed by atoms with Gasteiger partial charge in [0.2, 0.25) is 5.91 Å². The molecule has 118 valence electrons. The number of esters is 1. The van der Waals surface area contributed by atoms with Crippen LogP contribution < -0.4 is 0 Å². The fourth-order valence-electron chi connectivity index (χ4n) is 3.31. The Morgan fingerprint density at radius 1 is 1.18 bits per heavy atom. The lowest BCUT2D eigenvalue weighted by molar-refractivity contribution is -0.149. The van der Waals surface area contributed by atoms with Crippen molar-refractivity contribution in [3.63, 3.8) is 0 Å². The molecule has 1 amide bonds. The van der Waals surface area contributed by atoms with Crippen molar-refractivity contribution in [3.8, 4) is 0 Å². The summed E-state index contributed by atoms with van der Waals surface area (Å²) < 4.78 is 5.83. The number of carbonyl (C=O) groups is 2. The van der Waals surface area contributed by atoms with Gasteiger partial charge in [-0.3, -0.25) is 9.59 Å². The van der Waals surface area contributed by atoms with Gasteiger partial charge in [0.05, 0.1) is 18.4 Å². The van der Waals surface area contributed by atoms with E-state index in [1.165, 1.54) is 7.11 Å². The molecule has 2 fully saturated rings. The van der Waals surface area contributed by atoms with Crippen molar-refractivity contribution in [2.45, 2.75) is 31.1 Å². The molecule has 5 heteroatoms. The first-order valence-electron chi connectivity index (χ1n) is 7.70. The van der Waals surface area contributed by atoms with E-state index in [9.17, 15) is 9.59 Å². The molecule has 4 nitrogen and oxygen atoms in total. The van der Waals surface area contributed by atoms with E-state index >= 15 is 0 Å². The zero-order valence-corrected chi connectivity index (χ0v) is 14.3. The van der Waals surface area contributed by atoms with Crippen LogP contribution in [0.3, 0.4) is 0 Å². The minimum Gasteiger partial charge on any atom is -0.469 e. The highest BCUT2D eigenvalue weighted by Crippen LogP contribution is 2.50. The number of halogens is 1. The highest BCUT2D eigenvalue weighted by atomic mass is 79.9. The van der Waals surface area contributed by atoms with Crippen LogP contribution in [0, 0.1) is 5.92 Å². The summed E-state index contributed by atoms with van der Waals surface area (Å²) in [7, 11) is 1.42. The molecule has 1 aliphatic heterocycles. The molecule has 1 aromatic carbocycles. The predicted molar refractivity (Wildman–Crippen MR) is 86.4 cm³/mol. The van der Waals surface area contributed by atoms with Crippen LogP contribution in [0.1, 0.15) is 31.2 Å². The third-order valence-electron chi connectivity index (χ3n) is 4.87. The van der Waals surface area contributed by atoms with Crippen molar-refractivity contribution in [1.29, 1.82) is 0 Å². The second-order valence-corrected chi connectivity index (χ2v) is 7.09. The van der Waals surface area contributed by atoms with Crippen LogP contribution in [0.4, 0.5) is 0 Å². The zero-order chi connectivity index (χ0) is 15.7. The number of rotatable bonds is 3. The van der Waals surface area contributed by atoms with Crippen LogP contribution in [0.5, 0.6) is 0 Å². The van der Waals surface area contributed by atoms with E-state index < -0.39 is 0 Å². The molecule has 1 heterocycles. The molecule has 3 rings (SSSR count). The lowest BCUT2D eigenvalue weighted by atomic mass is 9.91. The van der Waals surface area contributed by atoms with Crippen molar-refractivity contribution >= 4 is 27.8 Å². The molecular weight excluding hydrogens is 346 g/mol. The second-order valence-electron chi connectivity index (χ2n) is 6.18. The number of likely N-dealkylation sites (tertiary alicyclic amines) is 1. The summed E-state index contributed by atoms with van der Waals surface area (Å²) in [4.78, 5) is 26.4.